The van der Waals surface area contributed by atoms with E-state index in [1.807, 2.05) is 4.90 Å². The summed E-state index contributed by atoms with van der Waals surface area (Å²) < 4.78 is 27.0. The monoisotopic (exact) mass is 367 g/mol. The Morgan fingerprint density at radius 1 is 0.880 bits per heavy atom. The fourth-order valence-electron chi connectivity index (χ4n) is 3.64. The Bertz CT molecular complexity index is 721. The van der Waals surface area contributed by atoms with Gasteiger partial charge >= 0.3 is 0 Å². The summed E-state index contributed by atoms with van der Waals surface area (Å²) in [7, 11) is -3.66. The summed E-state index contributed by atoms with van der Waals surface area (Å²) in [6.45, 7) is 2.53. The predicted octanol–water partition coefficient (Wildman–Crippen LogP) is 3.15. The normalized spacial score (nSPS) is 20.2. The molecule has 0 amide bonds. The lowest BCUT2D eigenvalue weighted by molar-refractivity contribution is -0.384. The Morgan fingerprint density at radius 3 is 2.04 bits per heavy atom. The highest BCUT2D eigenvalue weighted by molar-refractivity contribution is 7.89. The molecule has 0 N–H and O–H groups in total. The maximum absolute atomic E-state index is 12.8. The molecule has 2 saturated heterocycles. The van der Waals surface area contributed by atoms with E-state index in [-0.39, 0.29) is 10.6 Å². The number of benzene rings is 1. The van der Waals surface area contributed by atoms with Crippen LogP contribution in [0.4, 0.5) is 11.4 Å². The van der Waals surface area contributed by atoms with Crippen molar-refractivity contribution in [3.63, 3.8) is 0 Å². The van der Waals surface area contributed by atoms with Gasteiger partial charge in [0.15, 0.2) is 0 Å². The topological polar surface area (TPSA) is 83.8 Å². The van der Waals surface area contributed by atoms with Crippen molar-refractivity contribution in [3.8, 4) is 0 Å². The zero-order valence-corrected chi connectivity index (χ0v) is 15.2. The van der Waals surface area contributed by atoms with E-state index < -0.39 is 14.9 Å². The van der Waals surface area contributed by atoms with E-state index in [1.54, 1.807) is 6.07 Å². The van der Waals surface area contributed by atoms with Gasteiger partial charge in [0.05, 0.1) is 9.82 Å². The number of nitrogens with zero attached hydrogens (tertiary/aromatic N) is 3. The molecule has 2 aliphatic heterocycles. The van der Waals surface area contributed by atoms with E-state index in [0.717, 1.165) is 58.0 Å². The van der Waals surface area contributed by atoms with Crippen molar-refractivity contribution in [1.29, 1.82) is 0 Å². The van der Waals surface area contributed by atoms with E-state index in [4.69, 9.17) is 0 Å². The summed E-state index contributed by atoms with van der Waals surface area (Å²) in [6, 6.07) is 4.38. The summed E-state index contributed by atoms with van der Waals surface area (Å²) in [5, 5.41) is 11.6. The van der Waals surface area contributed by atoms with Gasteiger partial charge in [-0.25, -0.2) is 8.42 Å². The number of nitro benzene ring substituents is 1. The second-order valence-corrected chi connectivity index (χ2v) is 8.71. The molecule has 8 heteroatoms. The van der Waals surface area contributed by atoms with Gasteiger partial charge in [-0.15, -0.1) is 0 Å². The van der Waals surface area contributed by atoms with Crippen molar-refractivity contribution in [2.24, 2.45) is 0 Å². The van der Waals surface area contributed by atoms with Crippen LogP contribution in [0.15, 0.2) is 23.1 Å². The summed E-state index contributed by atoms with van der Waals surface area (Å²) in [6.07, 6.45) is 6.98. The molecule has 2 fully saturated rings. The van der Waals surface area contributed by atoms with E-state index >= 15 is 0 Å². The number of rotatable bonds is 4. The van der Waals surface area contributed by atoms with Gasteiger partial charge < -0.3 is 4.90 Å². The van der Waals surface area contributed by atoms with Gasteiger partial charge in [0.25, 0.3) is 5.69 Å². The molecular formula is C17H25N3O4S. The molecule has 25 heavy (non-hydrogen) atoms. The molecule has 2 heterocycles. The molecule has 1 aromatic rings. The molecule has 1 aromatic carbocycles. The van der Waals surface area contributed by atoms with Crippen molar-refractivity contribution in [3.05, 3.63) is 28.3 Å². The second-order valence-electron chi connectivity index (χ2n) is 6.77. The molecular weight excluding hydrogens is 342 g/mol. The second kappa shape index (κ2) is 7.70. The van der Waals surface area contributed by atoms with Gasteiger partial charge in [0, 0.05) is 32.2 Å². The highest BCUT2D eigenvalue weighted by Gasteiger charge is 2.29. The molecule has 138 valence electrons. The number of hydrogen-bond donors (Lipinski definition) is 0. The molecule has 0 unspecified atom stereocenters. The molecule has 0 saturated carbocycles. The lowest BCUT2D eigenvalue weighted by Crippen LogP contribution is -2.35. The molecule has 0 spiro atoms. The first-order valence-electron chi connectivity index (χ1n) is 9.04. The Hall–Kier alpha value is -1.67. The molecule has 3 rings (SSSR count). The van der Waals surface area contributed by atoms with Gasteiger partial charge in [-0.1, -0.05) is 19.3 Å². The van der Waals surface area contributed by atoms with Crippen LogP contribution in [0.25, 0.3) is 0 Å². The van der Waals surface area contributed by atoms with Crippen LogP contribution in [-0.2, 0) is 10.0 Å². The third kappa shape index (κ3) is 3.95. The van der Waals surface area contributed by atoms with Crippen LogP contribution in [0.3, 0.4) is 0 Å². The lowest BCUT2D eigenvalue weighted by Gasteiger charge is -2.26. The van der Waals surface area contributed by atoms with Crippen LogP contribution in [0.1, 0.15) is 44.9 Å². The minimum atomic E-state index is -3.66. The quantitative estimate of drug-likeness (QED) is 0.603. The van der Waals surface area contributed by atoms with Crippen molar-refractivity contribution >= 4 is 21.4 Å². The number of sulfonamides is 1. The number of nitro groups is 1. The fraction of sp³-hybridized carbons (Fsp3) is 0.647. The first-order chi connectivity index (χ1) is 12.0. The smallest absolute Gasteiger partial charge is 0.293 e. The Kier molecular flexibility index (Phi) is 5.58. The first kappa shape index (κ1) is 18.1. The minimum absolute atomic E-state index is 0.0275. The van der Waals surface area contributed by atoms with E-state index in [1.165, 1.54) is 16.4 Å². The molecule has 0 bridgehead atoms. The molecule has 0 radical (unpaired) electrons. The van der Waals surface area contributed by atoms with Crippen molar-refractivity contribution in [2.45, 2.75) is 49.8 Å². The summed E-state index contributed by atoms with van der Waals surface area (Å²) in [4.78, 5) is 13.2. The van der Waals surface area contributed by atoms with E-state index in [2.05, 4.69) is 0 Å². The largest absolute Gasteiger partial charge is 0.366 e. The van der Waals surface area contributed by atoms with Gasteiger partial charge in [-0.3, -0.25) is 10.1 Å². The third-order valence-corrected chi connectivity index (χ3v) is 6.94. The molecule has 0 atom stereocenters. The Labute approximate surface area is 148 Å². The van der Waals surface area contributed by atoms with Gasteiger partial charge in [0.1, 0.15) is 5.69 Å². The van der Waals surface area contributed by atoms with Crippen LogP contribution in [0.2, 0.25) is 0 Å². The average Bonchev–Trinajstić information content (AvgIpc) is 2.91. The summed E-state index contributed by atoms with van der Waals surface area (Å²) in [5.74, 6) is 0. The van der Waals surface area contributed by atoms with Crippen LogP contribution in [0.5, 0.6) is 0 Å². The van der Waals surface area contributed by atoms with Crippen LogP contribution >= 0.6 is 0 Å². The van der Waals surface area contributed by atoms with E-state index in [0.29, 0.717) is 18.8 Å². The van der Waals surface area contributed by atoms with Gasteiger partial charge in [-0.2, -0.15) is 4.31 Å². The zero-order chi connectivity index (χ0) is 17.9. The first-order valence-corrected chi connectivity index (χ1v) is 10.5. The summed E-state index contributed by atoms with van der Waals surface area (Å²) >= 11 is 0. The Morgan fingerprint density at radius 2 is 1.44 bits per heavy atom. The minimum Gasteiger partial charge on any atom is -0.366 e. The number of anilines is 1. The van der Waals surface area contributed by atoms with Gasteiger partial charge in [0.2, 0.25) is 10.0 Å². The molecule has 0 aliphatic carbocycles. The maximum Gasteiger partial charge on any atom is 0.293 e. The highest BCUT2D eigenvalue weighted by atomic mass is 32.2. The fourth-order valence-corrected chi connectivity index (χ4v) is 5.18. The third-order valence-electron chi connectivity index (χ3n) is 5.04. The number of piperidine rings is 1. The van der Waals surface area contributed by atoms with Crippen LogP contribution < -0.4 is 4.90 Å². The van der Waals surface area contributed by atoms with Crippen LogP contribution in [0, 0.1) is 10.1 Å². The lowest BCUT2D eigenvalue weighted by atomic mass is 10.2. The van der Waals surface area contributed by atoms with E-state index in [9.17, 15) is 18.5 Å². The SMILES string of the molecule is O=[N+]([O-])c1cc(S(=O)(=O)N2CCCCC2)ccc1N1CCCCCC1. The Balaban J connectivity index is 1.94. The average molecular weight is 367 g/mol. The standard InChI is InChI=1S/C17H25N3O4S/c21-20(22)17-14-15(25(23,24)19-12-6-3-7-13-19)8-9-16(17)18-10-4-1-2-5-11-18/h8-9,14H,1-7,10-13H2. The highest BCUT2D eigenvalue weighted by Crippen LogP contribution is 2.33. The van der Waals surface area contributed by atoms with Crippen molar-refractivity contribution in [2.75, 3.05) is 31.1 Å². The summed E-state index contributed by atoms with van der Waals surface area (Å²) in [5.41, 5.74) is 0.421. The van der Waals surface area contributed by atoms with Gasteiger partial charge in [-0.05, 0) is 37.8 Å². The van der Waals surface area contributed by atoms with Crippen molar-refractivity contribution in [1.82, 2.24) is 4.31 Å². The number of hydrogen-bond acceptors (Lipinski definition) is 5. The molecule has 2 aliphatic rings. The zero-order valence-electron chi connectivity index (χ0n) is 14.4. The maximum atomic E-state index is 12.8. The predicted molar refractivity (Wildman–Crippen MR) is 96.4 cm³/mol. The van der Waals surface area contributed by atoms with Crippen molar-refractivity contribution < 1.29 is 13.3 Å². The molecule has 7 nitrogen and oxygen atoms in total. The molecule has 0 aromatic heterocycles. The van der Waals surface area contributed by atoms with Crippen LogP contribution in [-0.4, -0.2) is 43.8 Å².